The van der Waals surface area contributed by atoms with Gasteiger partial charge in [-0.2, -0.15) is 0 Å². The molecule has 3 aromatic carbocycles. The van der Waals surface area contributed by atoms with Crippen LogP contribution in [0, 0.1) is 12.3 Å². The maximum absolute atomic E-state index is 14.4. The van der Waals surface area contributed by atoms with Gasteiger partial charge in [-0.25, -0.2) is 19.2 Å². The smallest absolute Gasteiger partial charge is 0.340 e. The van der Waals surface area contributed by atoms with E-state index in [-0.39, 0.29) is 38.4 Å². The van der Waals surface area contributed by atoms with Crippen LogP contribution in [0.4, 0.5) is 0 Å². The molecule has 68 heavy (non-hydrogen) atoms. The van der Waals surface area contributed by atoms with Crippen molar-refractivity contribution in [3.63, 3.8) is 0 Å². The first-order chi connectivity index (χ1) is 30.8. The number of aryl methyl sites for hydroxylation is 1. The zero-order chi connectivity index (χ0) is 51.7. The lowest BCUT2D eigenvalue weighted by molar-refractivity contribution is -0.0642. The summed E-state index contributed by atoms with van der Waals surface area (Å²) in [5, 5.41) is 0. The van der Waals surface area contributed by atoms with Crippen LogP contribution in [0.3, 0.4) is 0 Å². The van der Waals surface area contributed by atoms with Crippen molar-refractivity contribution in [3.8, 4) is 0 Å². The summed E-state index contributed by atoms with van der Waals surface area (Å²) >= 11 is 0. The van der Waals surface area contributed by atoms with Crippen LogP contribution in [0.5, 0.6) is 0 Å². The van der Waals surface area contributed by atoms with E-state index in [2.05, 4.69) is 148 Å². The van der Waals surface area contributed by atoms with E-state index >= 15 is 0 Å². The van der Waals surface area contributed by atoms with E-state index in [1.54, 1.807) is 6.20 Å². The van der Waals surface area contributed by atoms with Gasteiger partial charge in [0, 0.05) is 11.9 Å². The van der Waals surface area contributed by atoms with E-state index < -0.39 is 55.7 Å². The molecular weight excluding hydrogens is 851 g/mol. The highest BCUT2D eigenvalue weighted by Gasteiger charge is 2.40. The zero-order valence-electron chi connectivity index (χ0n) is 45.4. The third-order valence-corrected chi connectivity index (χ3v) is 12.6. The topological polar surface area (TPSA) is 121 Å². The fraction of sp³-hybridized carbons (Fsp3) is 0.559. The van der Waals surface area contributed by atoms with Crippen LogP contribution in [0.1, 0.15) is 230 Å². The van der Waals surface area contributed by atoms with Gasteiger partial charge < -0.3 is 23.9 Å². The first-order valence-corrected chi connectivity index (χ1v) is 24.2. The van der Waals surface area contributed by atoms with Gasteiger partial charge in [0.15, 0.2) is 0 Å². The number of rotatable bonds is 13. The molecule has 0 unspecified atom stereocenters. The van der Waals surface area contributed by atoms with Gasteiger partial charge in [-0.15, -0.1) is 0 Å². The summed E-state index contributed by atoms with van der Waals surface area (Å²) in [6, 6.07) is 17.4. The number of hydrogen-bond donors (Lipinski definition) is 1. The Labute approximate surface area is 408 Å². The Morgan fingerprint density at radius 3 is 0.868 bits per heavy atom. The molecular formula is C59H83NO8. The van der Waals surface area contributed by atoms with Crippen LogP contribution in [0.15, 0.2) is 60.8 Å². The van der Waals surface area contributed by atoms with Gasteiger partial charge in [-0.3, -0.25) is 0 Å². The van der Waals surface area contributed by atoms with Crippen molar-refractivity contribution < 1.29 is 38.1 Å². The minimum atomic E-state index is -1.57. The number of carbonyl (C=O) groups excluding carboxylic acids is 4. The molecule has 1 aromatic heterocycles. The molecule has 0 bridgehead atoms. The molecule has 9 heteroatoms. The molecule has 1 N–H and O–H groups in total. The second kappa shape index (κ2) is 20.0. The van der Waals surface area contributed by atoms with E-state index in [0.717, 1.165) is 33.4 Å². The third kappa shape index (κ3) is 14.2. The van der Waals surface area contributed by atoms with Gasteiger partial charge in [0.25, 0.3) is 0 Å². The van der Waals surface area contributed by atoms with E-state index in [0.29, 0.717) is 33.5 Å². The molecule has 0 spiro atoms. The fourth-order valence-electron chi connectivity index (χ4n) is 7.55. The molecule has 4 aromatic rings. The minimum absolute atomic E-state index is 0.0237. The van der Waals surface area contributed by atoms with Crippen molar-refractivity contribution in [2.75, 3.05) is 26.4 Å². The van der Waals surface area contributed by atoms with Crippen molar-refractivity contribution in [3.05, 3.63) is 128 Å². The van der Waals surface area contributed by atoms with Gasteiger partial charge in [0.05, 0.1) is 22.3 Å². The Kier molecular flexibility index (Phi) is 16.3. The van der Waals surface area contributed by atoms with Crippen LogP contribution in [-0.4, -0.2) is 55.3 Å². The van der Waals surface area contributed by atoms with Crippen LogP contribution in [0.25, 0.3) is 0 Å². The van der Waals surface area contributed by atoms with Crippen molar-refractivity contribution >= 4 is 23.9 Å². The number of nitrogens with one attached hydrogen (secondary N) is 1. The first-order valence-electron chi connectivity index (χ1n) is 24.2. The SMILES string of the molecule is Cc1c[nH]c(C(C)C)c1C(=O)OCC(COC(=O)c1cc(C(C)(C)C)cc(C(C)(C)C)c1)(COC(=O)c1cc(C(C)(C)C)cc(C(C)(C)C)c1)COC(=O)c1cc(C(C)(C)C)cc(C(C)(C)C)c1. The summed E-state index contributed by atoms with van der Waals surface area (Å²) in [5.74, 6) is -2.52. The highest BCUT2D eigenvalue weighted by Crippen LogP contribution is 2.35. The molecule has 9 nitrogen and oxygen atoms in total. The van der Waals surface area contributed by atoms with Crippen LogP contribution >= 0.6 is 0 Å². The number of esters is 4. The predicted molar refractivity (Wildman–Crippen MR) is 275 cm³/mol. The highest BCUT2D eigenvalue weighted by atomic mass is 16.6. The largest absolute Gasteiger partial charge is 0.461 e. The number of hydrogen-bond acceptors (Lipinski definition) is 8. The monoisotopic (exact) mass is 934 g/mol. The molecule has 1 heterocycles. The molecule has 0 fully saturated rings. The lowest BCUT2D eigenvalue weighted by atomic mass is 9.79. The predicted octanol–water partition coefficient (Wildman–Crippen LogP) is 13.9. The van der Waals surface area contributed by atoms with Gasteiger partial charge in [0.1, 0.15) is 31.8 Å². The lowest BCUT2D eigenvalue weighted by Crippen LogP contribution is -2.44. The van der Waals surface area contributed by atoms with Crippen molar-refractivity contribution in [1.82, 2.24) is 4.98 Å². The average Bonchev–Trinajstić information content (AvgIpc) is 3.61. The molecule has 0 saturated carbocycles. The zero-order valence-corrected chi connectivity index (χ0v) is 45.4. The molecule has 0 amide bonds. The van der Waals surface area contributed by atoms with Crippen molar-refractivity contribution in [2.45, 2.75) is 184 Å². The number of benzene rings is 3. The number of aromatic nitrogens is 1. The third-order valence-electron chi connectivity index (χ3n) is 12.6. The van der Waals surface area contributed by atoms with E-state index in [1.165, 1.54) is 0 Å². The summed E-state index contributed by atoms with van der Waals surface area (Å²) in [5.41, 5.74) is 5.31. The van der Waals surface area contributed by atoms with Gasteiger partial charge in [-0.1, -0.05) is 157 Å². The number of carbonyl (C=O) groups is 4. The molecule has 0 aliphatic carbocycles. The van der Waals surface area contributed by atoms with E-state index in [4.69, 9.17) is 18.9 Å². The normalized spacial score (nSPS) is 13.1. The molecule has 372 valence electrons. The molecule has 0 saturated heterocycles. The average molecular weight is 934 g/mol. The molecule has 0 aliphatic heterocycles. The minimum Gasteiger partial charge on any atom is -0.461 e. The molecule has 0 radical (unpaired) electrons. The standard InChI is InChI=1S/C59H83NO8/c1-36(2)48-47(37(3)31-60-48)52(64)68-35-59(32-65-49(61)38-22-41(53(4,5)6)28-42(23-38)54(7,8)9,33-66-50(62)39-24-43(55(10,11)12)29-44(25-39)56(13,14)15)34-67-51(63)40-26-45(57(16,17)18)30-46(27-40)58(19,20)21/h22-31,36,60H,32-35H2,1-21H3. The Balaban J connectivity index is 1.90. The van der Waals surface area contributed by atoms with Crippen LogP contribution in [0.2, 0.25) is 0 Å². The summed E-state index contributed by atoms with van der Waals surface area (Å²) in [4.78, 5) is 60.7. The molecule has 4 rings (SSSR count). The van der Waals surface area contributed by atoms with Crippen molar-refractivity contribution in [2.24, 2.45) is 5.41 Å². The maximum atomic E-state index is 14.4. The van der Waals surface area contributed by atoms with E-state index in [9.17, 15) is 19.2 Å². The number of aromatic amines is 1. The van der Waals surface area contributed by atoms with Gasteiger partial charge in [0.2, 0.25) is 0 Å². The Morgan fingerprint density at radius 1 is 0.412 bits per heavy atom. The maximum Gasteiger partial charge on any atom is 0.340 e. The summed E-state index contributed by atoms with van der Waals surface area (Å²) in [7, 11) is 0. The first kappa shape index (κ1) is 55.4. The van der Waals surface area contributed by atoms with E-state index in [1.807, 2.05) is 57.2 Å². The Bertz CT molecular complexity index is 2160. The van der Waals surface area contributed by atoms with Crippen LogP contribution < -0.4 is 0 Å². The lowest BCUT2D eigenvalue weighted by Gasteiger charge is -2.32. The summed E-state index contributed by atoms with van der Waals surface area (Å²) in [6.07, 6.45) is 1.76. The number of H-pyrrole nitrogens is 1. The quantitative estimate of drug-likeness (QED) is 0.104. The van der Waals surface area contributed by atoms with Gasteiger partial charge in [-0.05, 0) is 121 Å². The Hall–Kier alpha value is -5.18. The fourth-order valence-corrected chi connectivity index (χ4v) is 7.55. The molecule has 0 atom stereocenters. The Morgan fingerprint density at radius 2 is 0.647 bits per heavy atom. The second-order valence-corrected chi connectivity index (χ2v) is 25.6. The van der Waals surface area contributed by atoms with Crippen LogP contribution in [-0.2, 0) is 51.4 Å². The van der Waals surface area contributed by atoms with Crippen molar-refractivity contribution in [1.29, 1.82) is 0 Å². The summed E-state index contributed by atoms with van der Waals surface area (Å²) < 4.78 is 24.9. The van der Waals surface area contributed by atoms with Gasteiger partial charge >= 0.3 is 23.9 Å². The number of ether oxygens (including phenoxy) is 4. The highest BCUT2D eigenvalue weighted by molar-refractivity contribution is 5.93. The molecule has 0 aliphatic rings. The second-order valence-electron chi connectivity index (χ2n) is 25.6. The summed E-state index contributed by atoms with van der Waals surface area (Å²) in [6.45, 7) is 41.7.